The molecule has 0 bridgehead atoms. The summed E-state index contributed by atoms with van der Waals surface area (Å²) in [5.41, 5.74) is -2.46. The highest BCUT2D eigenvalue weighted by molar-refractivity contribution is 6.30. The summed E-state index contributed by atoms with van der Waals surface area (Å²) in [6.07, 6.45) is 0.114. The van der Waals surface area contributed by atoms with Gasteiger partial charge in [0.15, 0.2) is 0 Å². The van der Waals surface area contributed by atoms with Crippen LogP contribution in [0, 0.1) is 0 Å². The molecule has 0 atom stereocenters. The van der Waals surface area contributed by atoms with Gasteiger partial charge in [-0.05, 0) is 54.8 Å². The van der Waals surface area contributed by atoms with Crippen LogP contribution in [0.5, 0.6) is 0 Å². The molecule has 11 heteroatoms. The van der Waals surface area contributed by atoms with E-state index in [4.69, 9.17) is 11.6 Å². The molecule has 1 aliphatic rings. The number of nitrogens with zero attached hydrogens (tertiary/aromatic N) is 4. The van der Waals surface area contributed by atoms with Crippen molar-refractivity contribution >= 4 is 17.5 Å². The van der Waals surface area contributed by atoms with Crippen LogP contribution in [0.25, 0.3) is 5.69 Å². The minimum absolute atomic E-state index is 0.0493. The molecule has 3 aromatic rings. The van der Waals surface area contributed by atoms with E-state index in [9.17, 15) is 27.6 Å². The largest absolute Gasteiger partial charge is 0.416 e. The zero-order valence-electron chi connectivity index (χ0n) is 19.5. The molecule has 2 aromatic carbocycles. The molecule has 0 N–H and O–H groups in total. The van der Waals surface area contributed by atoms with E-state index in [0.717, 1.165) is 53.5 Å². The van der Waals surface area contributed by atoms with Crippen molar-refractivity contribution in [3.05, 3.63) is 91.2 Å². The monoisotopic (exact) mass is 520 g/mol. The fraction of sp³-hybridized carbons (Fsp3) is 0.360. The number of alkyl halides is 3. The SMILES string of the molecule is CN(C(=O)c1nn(-c2ccc(Cl)cc2)c(=O)n(Cc2ccc(C(F)(F)F)cc2)c1=O)C1CCCCC1. The average molecular weight is 521 g/mol. The second-order valence-corrected chi connectivity index (χ2v) is 9.25. The molecule has 0 unspecified atom stereocenters. The number of hydrogen-bond acceptors (Lipinski definition) is 4. The minimum atomic E-state index is -4.52. The molecule has 0 radical (unpaired) electrons. The van der Waals surface area contributed by atoms with E-state index in [1.54, 1.807) is 7.05 Å². The number of halogens is 4. The summed E-state index contributed by atoms with van der Waals surface area (Å²) in [5.74, 6) is -0.615. The first kappa shape index (κ1) is 25.7. The second-order valence-electron chi connectivity index (χ2n) is 8.81. The lowest BCUT2D eigenvalue weighted by Gasteiger charge is -2.30. The summed E-state index contributed by atoms with van der Waals surface area (Å²) in [5, 5.41) is 4.54. The molecule has 0 spiro atoms. The molecule has 7 nitrogen and oxygen atoms in total. The molecule has 190 valence electrons. The number of amides is 1. The van der Waals surface area contributed by atoms with Crippen LogP contribution in [0.1, 0.15) is 53.7 Å². The predicted octanol–water partition coefficient (Wildman–Crippen LogP) is 4.52. The molecule has 1 fully saturated rings. The standard InChI is InChI=1S/C25H24ClF3N4O3/c1-31(19-5-3-2-4-6-19)22(34)21-23(35)32(15-16-7-9-17(10-8-16)25(27,28)29)24(36)33(30-21)20-13-11-18(26)12-14-20/h7-14,19H,2-6,15H2,1H3. The van der Waals surface area contributed by atoms with Crippen LogP contribution in [0.4, 0.5) is 13.2 Å². The Morgan fingerprint density at radius 2 is 1.64 bits per heavy atom. The molecule has 1 amide bonds. The van der Waals surface area contributed by atoms with E-state index in [1.807, 2.05) is 0 Å². The van der Waals surface area contributed by atoms with Gasteiger partial charge in [0.1, 0.15) is 0 Å². The molecular formula is C25H24ClF3N4O3. The third kappa shape index (κ3) is 5.38. The van der Waals surface area contributed by atoms with Gasteiger partial charge in [-0.3, -0.25) is 14.2 Å². The fourth-order valence-corrected chi connectivity index (χ4v) is 4.45. The van der Waals surface area contributed by atoms with Crippen molar-refractivity contribution in [2.75, 3.05) is 7.05 Å². The van der Waals surface area contributed by atoms with Crippen molar-refractivity contribution in [3.63, 3.8) is 0 Å². The Morgan fingerprint density at radius 3 is 2.22 bits per heavy atom. The molecule has 1 aromatic heterocycles. The first-order valence-electron chi connectivity index (χ1n) is 11.5. The lowest BCUT2D eigenvalue weighted by molar-refractivity contribution is -0.137. The van der Waals surface area contributed by atoms with Gasteiger partial charge < -0.3 is 4.90 Å². The van der Waals surface area contributed by atoms with Gasteiger partial charge in [0.25, 0.3) is 11.5 Å². The van der Waals surface area contributed by atoms with Crippen molar-refractivity contribution in [1.82, 2.24) is 19.2 Å². The van der Waals surface area contributed by atoms with E-state index in [2.05, 4.69) is 5.10 Å². The summed E-state index contributed by atoms with van der Waals surface area (Å²) in [6, 6.07) is 10.2. The normalized spacial score (nSPS) is 14.6. The van der Waals surface area contributed by atoms with Crippen LogP contribution in [0.15, 0.2) is 58.1 Å². The van der Waals surface area contributed by atoms with E-state index in [0.29, 0.717) is 5.02 Å². The number of hydrogen-bond donors (Lipinski definition) is 0. The first-order chi connectivity index (χ1) is 17.1. The molecule has 4 rings (SSSR count). The zero-order chi connectivity index (χ0) is 26.0. The Labute approximate surface area is 209 Å². The van der Waals surface area contributed by atoms with Crippen LogP contribution in [-0.4, -0.2) is 38.2 Å². The highest BCUT2D eigenvalue weighted by Gasteiger charge is 2.30. The Hall–Kier alpha value is -3.40. The third-order valence-corrected chi connectivity index (χ3v) is 6.65. The molecule has 0 aliphatic heterocycles. The second kappa shape index (κ2) is 10.3. The smallest absolute Gasteiger partial charge is 0.337 e. The highest BCUT2D eigenvalue weighted by atomic mass is 35.5. The van der Waals surface area contributed by atoms with E-state index >= 15 is 0 Å². The van der Waals surface area contributed by atoms with Gasteiger partial charge in [-0.15, -0.1) is 0 Å². The topological polar surface area (TPSA) is 77.2 Å². The molecule has 1 aliphatic carbocycles. The van der Waals surface area contributed by atoms with Crippen molar-refractivity contribution in [1.29, 1.82) is 0 Å². The van der Waals surface area contributed by atoms with Gasteiger partial charge in [-0.2, -0.15) is 23.0 Å². The van der Waals surface area contributed by atoms with Crippen LogP contribution in [-0.2, 0) is 12.7 Å². The van der Waals surface area contributed by atoms with Crippen molar-refractivity contribution in [3.8, 4) is 5.69 Å². The first-order valence-corrected chi connectivity index (χ1v) is 11.9. The van der Waals surface area contributed by atoms with Gasteiger partial charge in [0.2, 0.25) is 5.69 Å². The molecule has 1 heterocycles. The molecule has 36 heavy (non-hydrogen) atoms. The lowest BCUT2D eigenvalue weighted by atomic mass is 9.94. The zero-order valence-corrected chi connectivity index (χ0v) is 20.2. The number of aromatic nitrogens is 3. The van der Waals surface area contributed by atoms with Crippen LogP contribution >= 0.6 is 11.6 Å². The quantitative estimate of drug-likeness (QED) is 0.495. The van der Waals surface area contributed by atoms with Crippen molar-refractivity contribution < 1.29 is 18.0 Å². The van der Waals surface area contributed by atoms with Crippen molar-refractivity contribution in [2.45, 2.75) is 50.9 Å². The minimum Gasteiger partial charge on any atom is -0.337 e. The van der Waals surface area contributed by atoms with E-state index in [-0.39, 0.29) is 23.8 Å². The van der Waals surface area contributed by atoms with Gasteiger partial charge >= 0.3 is 11.9 Å². The van der Waals surface area contributed by atoms with Crippen LogP contribution < -0.4 is 11.2 Å². The van der Waals surface area contributed by atoms with E-state index < -0.39 is 34.6 Å². The average Bonchev–Trinajstić information content (AvgIpc) is 2.87. The van der Waals surface area contributed by atoms with Gasteiger partial charge in [0, 0.05) is 18.1 Å². The Kier molecular flexibility index (Phi) is 7.35. The summed E-state index contributed by atoms with van der Waals surface area (Å²) < 4.78 is 40.6. The summed E-state index contributed by atoms with van der Waals surface area (Å²) in [7, 11) is 1.61. The molecule has 1 saturated carbocycles. The Bertz CT molecular complexity index is 1360. The van der Waals surface area contributed by atoms with Crippen molar-refractivity contribution in [2.24, 2.45) is 0 Å². The number of benzene rings is 2. The van der Waals surface area contributed by atoms with Crippen LogP contribution in [0.2, 0.25) is 5.02 Å². The number of rotatable bonds is 5. The Morgan fingerprint density at radius 1 is 1.03 bits per heavy atom. The van der Waals surface area contributed by atoms with Gasteiger partial charge in [-0.25, -0.2) is 4.79 Å². The Balaban J connectivity index is 1.80. The fourth-order valence-electron chi connectivity index (χ4n) is 4.32. The maximum absolute atomic E-state index is 13.4. The summed E-state index contributed by atoms with van der Waals surface area (Å²) in [4.78, 5) is 41.5. The van der Waals surface area contributed by atoms with Gasteiger partial charge in [0.05, 0.1) is 17.8 Å². The van der Waals surface area contributed by atoms with Gasteiger partial charge in [-0.1, -0.05) is 43.0 Å². The van der Waals surface area contributed by atoms with Crippen LogP contribution in [0.3, 0.4) is 0 Å². The third-order valence-electron chi connectivity index (χ3n) is 6.40. The number of carbonyl (C=O) groups is 1. The maximum Gasteiger partial charge on any atom is 0.416 e. The summed E-state index contributed by atoms with van der Waals surface area (Å²) >= 11 is 5.95. The maximum atomic E-state index is 13.4. The predicted molar refractivity (Wildman–Crippen MR) is 129 cm³/mol. The lowest BCUT2D eigenvalue weighted by Crippen LogP contribution is -2.48. The molecular weight excluding hydrogens is 497 g/mol. The molecule has 0 saturated heterocycles. The number of carbonyl (C=O) groups excluding carboxylic acids is 1. The highest BCUT2D eigenvalue weighted by Crippen LogP contribution is 2.29. The van der Waals surface area contributed by atoms with E-state index in [1.165, 1.54) is 41.3 Å². The summed E-state index contributed by atoms with van der Waals surface area (Å²) in [6.45, 7) is -0.334.